The number of hydrogen-bond donors (Lipinski definition) is 2. The molecular weight excluding hydrogens is 272 g/mol. The largest absolute Gasteiger partial charge is 0.393 e. The van der Waals surface area contributed by atoms with E-state index in [2.05, 4.69) is 20.8 Å². The van der Waals surface area contributed by atoms with Crippen LogP contribution in [0.25, 0.3) is 0 Å². The number of rotatable bonds is 0. The molecule has 0 unspecified atom stereocenters. The quantitative estimate of drug-likeness (QED) is 0.710. The first-order chi connectivity index (χ1) is 10.4. The molecule has 4 fully saturated rings. The smallest absolute Gasteiger partial charge is 0.0596 e. The maximum atomic E-state index is 10.5. The normalized spacial score (nSPS) is 61.2. The third-order valence-corrected chi connectivity index (χ3v) is 8.95. The summed E-state index contributed by atoms with van der Waals surface area (Å²) in [6.07, 6.45) is 9.28. The van der Waals surface area contributed by atoms with Crippen molar-refractivity contribution in [1.82, 2.24) is 0 Å². The molecule has 9 atom stereocenters. The van der Waals surface area contributed by atoms with Gasteiger partial charge in [0.25, 0.3) is 0 Å². The highest BCUT2D eigenvalue weighted by Crippen LogP contribution is 2.67. The summed E-state index contributed by atoms with van der Waals surface area (Å²) >= 11 is 0. The van der Waals surface area contributed by atoms with Crippen LogP contribution in [0.4, 0.5) is 0 Å². The molecule has 0 aromatic carbocycles. The van der Waals surface area contributed by atoms with Crippen molar-refractivity contribution < 1.29 is 10.2 Å². The van der Waals surface area contributed by atoms with Crippen LogP contribution in [0.5, 0.6) is 0 Å². The maximum absolute atomic E-state index is 10.5. The van der Waals surface area contributed by atoms with Crippen LogP contribution in [0.2, 0.25) is 0 Å². The van der Waals surface area contributed by atoms with Gasteiger partial charge in [0, 0.05) is 0 Å². The predicted molar refractivity (Wildman–Crippen MR) is 88.3 cm³/mol. The minimum atomic E-state index is -0.0625. The van der Waals surface area contributed by atoms with E-state index in [4.69, 9.17) is 0 Å². The van der Waals surface area contributed by atoms with Gasteiger partial charge in [-0.15, -0.1) is 0 Å². The zero-order valence-electron chi connectivity index (χ0n) is 14.6. The molecule has 0 aliphatic heterocycles. The third-order valence-electron chi connectivity index (χ3n) is 8.95. The minimum Gasteiger partial charge on any atom is -0.393 e. The zero-order chi connectivity index (χ0) is 15.7. The molecule has 4 rings (SSSR count). The molecule has 22 heavy (non-hydrogen) atoms. The molecule has 2 nitrogen and oxygen atoms in total. The fraction of sp³-hybridized carbons (Fsp3) is 1.00. The fourth-order valence-electron chi connectivity index (χ4n) is 7.69. The Bertz CT molecular complexity index is 449. The van der Waals surface area contributed by atoms with Crippen LogP contribution in [0.1, 0.15) is 72.1 Å². The molecule has 0 bridgehead atoms. The molecule has 4 saturated carbocycles. The minimum absolute atomic E-state index is 0.0563. The van der Waals surface area contributed by atoms with Crippen molar-refractivity contribution in [2.24, 2.45) is 40.4 Å². The molecular formula is C20H34O2. The maximum Gasteiger partial charge on any atom is 0.0596 e. The second-order valence-corrected chi connectivity index (χ2v) is 9.77. The summed E-state index contributed by atoms with van der Waals surface area (Å²) in [4.78, 5) is 0. The number of aliphatic hydroxyl groups excluding tert-OH is 2. The van der Waals surface area contributed by atoms with Crippen molar-refractivity contribution in [3.63, 3.8) is 0 Å². The molecule has 0 saturated heterocycles. The average molecular weight is 306 g/mol. The second kappa shape index (κ2) is 4.96. The van der Waals surface area contributed by atoms with Gasteiger partial charge in [-0.1, -0.05) is 20.8 Å². The van der Waals surface area contributed by atoms with Crippen molar-refractivity contribution in [2.45, 2.75) is 84.3 Å². The highest BCUT2D eigenvalue weighted by atomic mass is 16.3. The lowest BCUT2D eigenvalue weighted by atomic mass is 9.43. The predicted octanol–water partition coefficient (Wildman–Crippen LogP) is 4.00. The highest BCUT2D eigenvalue weighted by molar-refractivity contribution is 5.10. The Morgan fingerprint density at radius 3 is 2.23 bits per heavy atom. The zero-order valence-corrected chi connectivity index (χ0v) is 14.6. The summed E-state index contributed by atoms with van der Waals surface area (Å²) in [5.74, 6) is 3.86. The molecule has 0 aromatic heterocycles. The lowest BCUT2D eigenvalue weighted by Crippen LogP contribution is -2.56. The van der Waals surface area contributed by atoms with E-state index in [1.807, 2.05) is 0 Å². The van der Waals surface area contributed by atoms with Gasteiger partial charge in [-0.25, -0.2) is 0 Å². The van der Waals surface area contributed by atoms with Crippen molar-refractivity contribution >= 4 is 0 Å². The molecule has 0 aromatic rings. The van der Waals surface area contributed by atoms with Gasteiger partial charge in [0.15, 0.2) is 0 Å². The molecule has 0 spiro atoms. The SMILES string of the molecule is C[C@@H]1C[C@@H]2[C@H](CC[C@]3(C)[C@@H](O)CC[C@@H]23)[C@@]2(C)CC[C@@H](O)C[C@H]12. The summed E-state index contributed by atoms with van der Waals surface area (Å²) in [5.41, 5.74) is 0.634. The molecule has 0 heterocycles. The van der Waals surface area contributed by atoms with Gasteiger partial charge < -0.3 is 10.2 Å². The standard InChI is InChI=1S/C20H34O2/c1-12-10-14-15-4-5-18(22)20(15,3)9-7-16(14)19(2)8-6-13(21)11-17(12)19/h12-18,21-22H,4-11H2,1-3H3/t12-,13-,14+,15+,16+,17-,18+,19-,20+/m1/s1. The van der Waals surface area contributed by atoms with Crippen molar-refractivity contribution in [1.29, 1.82) is 0 Å². The lowest BCUT2D eigenvalue weighted by Gasteiger charge is -2.62. The first kappa shape index (κ1) is 15.4. The monoisotopic (exact) mass is 306 g/mol. The summed E-state index contributed by atoms with van der Waals surface area (Å²) in [6, 6.07) is 0. The molecule has 4 aliphatic rings. The van der Waals surface area contributed by atoms with Gasteiger partial charge in [0.05, 0.1) is 12.2 Å². The Morgan fingerprint density at radius 1 is 0.773 bits per heavy atom. The van der Waals surface area contributed by atoms with E-state index < -0.39 is 0 Å². The van der Waals surface area contributed by atoms with Gasteiger partial charge in [0.1, 0.15) is 0 Å². The van der Waals surface area contributed by atoms with Gasteiger partial charge in [-0.2, -0.15) is 0 Å². The van der Waals surface area contributed by atoms with Crippen LogP contribution in [0.3, 0.4) is 0 Å². The van der Waals surface area contributed by atoms with Gasteiger partial charge in [0.2, 0.25) is 0 Å². The Balaban J connectivity index is 1.66. The van der Waals surface area contributed by atoms with E-state index in [-0.39, 0.29) is 17.6 Å². The van der Waals surface area contributed by atoms with Crippen LogP contribution in [0, 0.1) is 40.4 Å². The number of hydrogen-bond acceptors (Lipinski definition) is 2. The Labute approximate surface area is 135 Å². The van der Waals surface area contributed by atoms with Gasteiger partial charge in [-0.05, 0) is 91.8 Å². The van der Waals surface area contributed by atoms with E-state index >= 15 is 0 Å². The first-order valence-corrected chi connectivity index (χ1v) is 9.72. The summed E-state index contributed by atoms with van der Waals surface area (Å²) in [6.45, 7) is 7.36. The Hall–Kier alpha value is -0.0800. The number of aliphatic hydroxyl groups is 2. The first-order valence-electron chi connectivity index (χ1n) is 9.72. The van der Waals surface area contributed by atoms with Gasteiger partial charge in [-0.3, -0.25) is 0 Å². The van der Waals surface area contributed by atoms with E-state index in [0.29, 0.717) is 11.3 Å². The Morgan fingerprint density at radius 2 is 1.45 bits per heavy atom. The van der Waals surface area contributed by atoms with E-state index in [1.165, 1.54) is 32.1 Å². The lowest BCUT2D eigenvalue weighted by molar-refractivity contribution is -0.152. The summed E-state index contributed by atoms with van der Waals surface area (Å²) in [5, 5.41) is 20.7. The van der Waals surface area contributed by atoms with Crippen LogP contribution in [0.15, 0.2) is 0 Å². The Kier molecular flexibility index (Phi) is 3.48. The van der Waals surface area contributed by atoms with E-state index in [0.717, 1.165) is 42.9 Å². The summed E-state index contributed by atoms with van der Waals surface area (Å²) < 4.78 is 0. The molecule has 4 aliphatic carbocycles. The van der Waals surface area contributed by atoms with E-state index in [9.17, 15) is 10.2 Å². The van der Waals surface area contributed by atoms with Crippen molar-refractivity contribution in [3.8, 4) is 0 Å². The van der Waals surface area contributed by atoms with Crippen LogP contribution < -0.4 is 0 Å². The molecule has 0 radical (unpaired) electrons. The van der Waals surface area contributed by atoms with Crippen LogP contribution in [-0.2, 0) is 0 Å². The topological polar surface area (TPSA) is 40.5 Å². The van der Waals surface area contributed by atoms with Gasteiger partial charge >= 0.3 is 0 Å². The van der Waals surface area contributed by atoms with Crippen LogP contribution >= 0.6 is 0 Å². The molecule has 0 amide bonds. The van der Waals surface area contributed by atoms with Crippen LogP contribution in [-0.4, -0.2) is 22.4 Å². The average Bonchev–Trinajstić information content (AvgIpc) is 2.77. The fourth-order valence-corrected chi connectivity index (χ4v) is 7.69. The summed E-state index contributed by atoms with van der Waals surface area (Å²) in [7, 11) is 0. The second-order valence-electron chi connectivity index (χ2n) is 9.77. The molecule has 2 N–H and O–H groups in total. The number of fused-ring (bicyclic) bond motifs is 5. The molecule has 2 heteroatoms. The van der Waals surface area contributed by atoms with E-state index in [1.54, 1.807) is 0 Å². The van der Waals surface area contributed by atoms with Crippen molar-refractivity contribution in [3.05, 3.63) is 0 Å². The third kappa shape index (κ3) is 1.92. The van der Waals surface area contributed by atoms with Crippen molar-refractivity contribution in [2.75, 3.05) is 0 Å². The highest BCUT2D eigenvalue weighted by Gasteiger charge is 2.61. The molecule has 126 valence electrons.